The number of carbonyl (C=O) groups is 2. The van der Waals surface area contributed by atoms with Gasteiger partial charge in [0.25, 0.3) is 5.91 Å². The summed E-state index contributed by atoms with van der Waals surface area (Å²) in [6.07, 6.45) is 2.22. The van der Waals surface area contributed by atoms with Crippen molar-refractivity contribution < 1.29 is 18.0 Å². The highest BCUT2D eigenvalue weighted by molar-refractivity contribution is 9.10. The molecule has 1 aromatic heterocycles. The fraction of sp³-hybridized carbons (Fsp3) is 0.368. The fourth-order valence-corrected chi connectivity index (χ4v) is 5.52. The van der Waals surface area contributed by atoms with Gasteiger partial charge in [0.15, 0.2) is 0 Å². The first-order valence-electron chi connectivity index (χ1n) is 9.13. The Morgan fingerprint density at radius 2 is 1.86 bits per heavy atom. The van der Waals surface area contributed by atoms with Crippen LogP contribution in [0.3, 0.4) is 0 Å². The van der Waals surface area contributed by atoms with Crippen molar-refractivity contribution in [2.24, 2.45) is 18.7 Å². The van der Waals surface area contributed by atoms with E-state index in [2.05, 4.69) is 21.2 Å². The van der Waals surface area contributed by atoms with Crippen molar-refractivity contribution in [3.05, 3.63) is 46.2 Å². The van der Waals surface area contributed by atoms with Crippen LogP contribution in [-0.4, -0.2) is 42.2 Å². The van der Waals surface area contributed by atoms with Gasteiger partial charge in [-0.05, 0) is 59.5 Å². The quantitative estimate of drug-likeness (QED) is 0.679. The minimum atomic E-state index is -3.75. The van der Waals surface area contributed by atoms with E-state index < -0.39 is 15.9 Å². The molecule has 0 unspecified atom stereocenters. The number of hydrogen-bond donors (Lipinski definition) is 2. The summed E-state index contributed by atoms with van der Waals surface area (Å²) in [5.74, 6) is -1.08. The van der Waals surface area contributed by atoms with Crippen LogP contribution in [0.15, 0.2) is 39.8 Å². The van der Waals surface area contributed by atoms with Gasteiger partial charge in [0, 0.05) is 36.7 Å². The molecule has 0 atom stereocenters. The summed E-state index contributed by atoms with van der Waals surface area (Å²) in [6, 6.07) is 6.95. The van der Waals surface area contributed by atoms with Gasteiger partial charge in [0.05, 0.1) is 5.69 Å². The lowest BCUT2D eigenvalue weighted by atomic mass is 9.97. The third-order valence-corrected chi connectivity index (χ3v) is 7.60. The number of rotatable bonds is 5. The third-order valence-electron chi connectivity index (χ3n) is 5.08. The molecule has 8 nitrogen and oxygen atoms in total. The van der Waals surface area contributed by atoms with Crippen molar-refractivity contribution in [1.82, 2.24) is 8.87 Å². The molecule has 10 heteroatoms. The molecular weight excluding hydrogens is 460 g/mol. The van der Waals surface area contributed by atoms with E-state index in [1.165, 1.54) is 21.1 Å². The number of sulfonamides is 1. The lowest BCUT2D eigenvalue weighted by Crippen LogP contribution is -2.41. The van der Waals surface area contributed by atoms with Crippen LogP contribution in [0.25, 0.3) is 0 Å². The van der Waals surface area contributed by atoms with Crippen LogP contribution in [0.4, 0.5) is 5.69 Å². The van der Waals surface area contributed by atoms with Crippen LogP contribution >= 0.6 is 15.9 Å². The number of amides is 2. The van der Waals surface area contributed by atoms with Gasteiger partial charge in [-0.2, -0.15) is 4.31 Å². The number of piperidine rings is 1. The lowest BCUT2D eigenvalue weighted by molar-refractivity contribution is -0.120. The Labute approximate surface area is 178 Å². The van der Waals surface area contributed by atoms with Gasteiger partial charge in [0.1, 0.15) is 10.6 Å². The molecule has 1 aliphatic heterocycles. The Balaban J connectivity index is 1.65. The average molecular weight is 483 g/mol. The second-order valence-corrected chi connectivity index (χ2v) is 9.98. The number of halogens is 1. The topological polar surface area (TPSA) is 114 Å². The zero-order valence-corrected chi connectivity index (χ0v) is 18.6. The second-order valence-electron chi connectivity index (χ2n) is 7.19. The maximum Gasteiger partial charge on any atom is 0.265 e. The van der Waals surface area contributed by atoms with Gasteiger partial charge in [0.2, 0.25) is 15.9 Å². The minimum Gasteiger partial charge on any atom is -0.364 e. The molecule has 2 amide bonds. The molecule has 156 valence electrons. The van der Waals surface area contributed by atoms with Crippen LogP contribution in [0, 0.1) is 12.8 Å². The van der Waals surface area contributed by atoms with Crippen molar-refractivity contribution in [1.29, 1.82) is 0 Å². The molecule has 2 aromatic rings. The SMILES string of the molecule is Cc1ccc(NC(=O)C2CCN(S(=O)(=O)c3cc(C(N)=O)n(C)c3)CC2)c(Br)c1. The van der Waals surface area contributed by atoms with E-state index in [-0.39, 0.29) is 35.5 Å². The molecule has 3 rings (SSSR count). The fourth-order valence-electron chi connectivity index (χ4n) is 3.38. The van der Waals surface area contributed by atoms with E-state index in [4.69, 9.17) is 5.73 Å². The molecule has 0 bridgehead atoms. The van der Waals surface area contributed by atoms with Crippen LogP contribution in [0.1, 0.15) is 28.9 Å². The lowest BCUT2D eigenvalue weighted by Gasteiger charge is -2.30. The van der Waals surface area contributed by atoms with Crippen molar-refractivity contribution in [3.8, 4) is 0 Å². The molecule has 0 radical (unpaired) electrons. The predicted molar refractivity (Wildman–Crippen MR) is 113 cm³/mol. The average Bonchev–Trinajstić information content (AvgIpc) is 3.07. The van der Waals surface area contributed by atoms with Crippen LogP contribution in [-0.2, 0) is 21.9 Å². The molecule has 0 aliphatic carbocycles. The molecule has 29 heavy (non-hydrogen) atoms. The summed E-state index contributed by atoms with van der Waals surface area (Å²) in [7, 11) is -2.18. The van der Waals surface area contributed by atoms with Gasteiger partial charge >= 0.3 is 0 Å². The molecule has 1 saturated heterocycles. The highest BCUT2D eigenvalue weighted by Gasteiger charge is 2.33. The monoisotopic (exact) mass is 482 g/mol. The number of hydrogen-bond acceptors (Lipinski definition) is 4. The van der Waals surface area contributed by atoms with Crippen LogP contribution in [0.5, 0.6) is 0 Å². The smallest absolute Gasteiger partial charge is 0.265 e. The standard InChI is InChI=1S/C19H23BrN4O4S/c1-12-3-4-16(15(20)9-12)22-19(26)13-5-7-24(8-6-13)29(27,28)14-10-17(18(21)25)23(2)11-14/h3-4,9-11,13H,5-8H2,1-2H3,(H2,21,25)(H,22,26). The zero-order chi connectivity index (χ0) is 21.3. The summed E-state index contributed by atoms with van der Waals surface area (Å²) in [5, 5.41) is 2.91. The minimum absolute atomic E-state index is 0.0280. The summed E-state index contributed by atoms with van der Waals surface area (Å²) < 4.78 is 29.3. The van der Waals surface area contributed by atoms with Gasteiger partial charge < -0.3 is 15.6 Å². The highest BCUT2D eigenvalue weighted by atomic mass is 79.9. The highest BCUT2D eigenvalue weighted by Crippen LogP contribution is 2.28. The molecule has 3 N–H and O–H groups in total. The molecule has 2 heterocycles. The number of nitrogens with one attached hydrogen (secondary N) is 1. The van der Waals surface area contributed by atoms with Gasteiger partial charge in [-0.3, -0.25) is 9.59 Å². The number of aryl methyl sites for hydroxylation is 2. The Morgan fingerprint density at radius 1 is 1.21 bits per heavy atom. The first kappa shape index (κ1) is 21.5. The number of benzene rings is 1. The van der Waals surface area contributed by atoms with E-state index in [9.17, 15) is 18.0 Å². The van der Waals surface area contributed by atoms with E-state index >= 15 is 0 Å². The Kier molecular flexibility index (Phi) is 6.16. The number of nitrogens with two attached hydrogens (primary N) is 1. The van der Waals surface area contributed by atoms with E-state index in [1.807, 2.05) is 25.1 Å². The van der Waals surface area contributed by atoms with Crippen LogP contribution < -0.4 is 11.1 Å². The molecule has 1 fully saturated rings. The summed E-state index contributed by atoms with van der Waals surface area (Å²) in [6.45, 7) is 2.43. The first-order valence-corrected chi connectivity index (χ1v) is 11.4. The third kappa shape index (κ3) is 4.54. The Hall–Kier alpha value is -2.17. The summed E-state index contributed by atoms with van der Waals surface area (Å²) >= 11 is 3.44. The largest absolute Gasteiger partial charge is 0.364 e. The van der Waals surface area contributed by atoms with Gasteiger partial charge in [-0.1, -0.05) is 6.07 Å². The molecule has 0 saturated carbocycles. The Bertz CT molecular complexity index is 1060. The van der Waals surface area contributed by atoms with E-state index in [0.29, 0.717) is 18.5 Å². The van der Waals surface area contributed by atoms with Crippen molar-refractivity contribution >= 4 is 43.5 Å². The van der Waals surface area contributed by atoms with Crippen molar-refractivity contribution in [3.63, 3.8) is 0 Å². The molecular formula is C19H23BrN4O4S. The summed E-state index contributed by atoms with van der Waals surface area (Å²) in [4.78, 5) is 24.0. The molecule has 1 aliphatic rings. The number of anilines is 1. The van der Waals surface area contributed by atoms with Crippen molar-refractivity contribution in [2.45, 2.75) is 24.7 Å². The normalized spacial score (nSPS) is 16.0. The number of carbonyl (C=O) groups excluding carboxylic acids is 2. The molecule has 0 spiro atoms. The van der Waals surface area contributed by atoms with Gasteiger partial charge in [-0.15, -0.1) is 0 Å². The van der Waals surface area contributed by atoms with E-state index in [0.717, 1.165) is 10.0 Å². The number of primary amides is 1. The van der Waals surface area contributed by atoms with E-state index in [1.54, 1.807) is 7.05 Å². The van der Waals surface area contributed by atoms with Crippen LogP contribution in [0.2, 0.25) is 0 Å². The second kappa shape index (κ2) is 8.29. The predicted octanol–water partition coefficient (Wildman–Crippen LogP) is 2.23. The number of aromatic nitrogens is 1. The van der Waals surface area contributed by atoms with Crippen molar-refractivity contribution in [2.75, 3.05) is 18.4 Å². The maximum absolute atomic E-state index is 12.9. The maximum atomic E-state index is 12.9. The summed E-state index contributed by atoms with van der Waals surface area (Å²) in [5.41, 5.74) is 7.16. The molecule has 1 aromatic carbocycles. The zero-order valence-electron chi connectivity index (χ0n) is 16.2. The Morgan fingerprint density at radius 3 is 2.41 bits per heavy atom. The number of nitrogens with zero attached hydrogens (tertiary/aromatic N) is 2. The first-order chi connectivity index (χ1) is 13.6. The van der Waals surface area contributed by atoms with Gasteiger partial charge in [-0.25, -0.2) is 8.42 Å².